The number of nitrogens with one attached hydrogen (secondary N) is 1. The molecule has 0 saturated carbocycles. The van der Waals surface area contributed by atoms with E-state index >= 15 is 0 Å². The molecule has 218 valence electrons. The van der Waals surface area contributed by atoms with Gasteiger partial charge in [-0.3, -0.25) is 0 Å². The van der Waals surface area contributed by atoms with Crippen molar-refractivity contribution in [3.63, 3.8) is 0 Å². The van der Waals surface area contributed by atoms with Crippen LogP contribution in [0.1, 0.15) is 41.1 Å². The van der Waals surface area contributed by atoms with Gasteiger partial charge >= 0.3 is 6.09 Å². The van der Waals surface area contributed by atoms with Crippen molar-refractivity contribution in [1.82, 2.24) is 25.5 Å². The van der Waals surface area contributed by atoms with Gasteiger partial charge in [0.05, 0.1) is 18.8 Å². The van der Waals surface area contributed by atoms with Crippen molar-refractivity contribution in [1.29, 1.82) is 0 Å². The quantitative estimate of drug-likeness (QED) is 0.182. The summed E-state index contributed by atoms with van der Waals surface area (Å²) in [6.45, 7) is 4.05. The van der Waals surface area contributed by atoms with Crippen molar-refractivity contribution in [3.05, 3.63) is 108 Å². The summed E-state index contributed by atoms with van der Waals surface area (Å²) < 4.78 is 19.7. The third-order valence-electron chi connectivity index (χ3n) is 6.78. The van der Waals surface area contributed by atoms with E-state index in [1.165, 1.54) is 6.08 Å². The predicted molar refractivity (Wildman–Crippen MR) is 158 cm³/mol. The van der Waals surface area contributed by atoms with E-state index in [0.717, 1.165) is 38.5 Å². The number of carbonyl (C=O) groups is 1. The van der Waals surface area contributed by atoms with Gasteiger partial charge in [-0.1, -0.05) is 85.1 Å². The first-order valence-corrected chi connectivity index (χ1v) is 14.6. The maximum absolute atomic E-state index is 11.8. The van der Waals surface area contributed by atoms with Gasteiger partial charge in [-0.05, 0) is 50.4 Å². The minimum absolute atomic E-state index is 0.00794. The number of alkyl carbamates (subject to hydrolysis) is 1. The second-order valence-corrected chi connectivity index (χ2v) is 10.8. The summed E-state index contributed by atoms with van der Waals surface area (Å²) in [5.74, 6) is 0.656. The molecule has 0 radical (unpaired) electrons. The molecule has 11 heteroatoms. The second-order valence-electron chi connectivity index (χ2n) is 9.81. The molecular formula is C31H33N5O5S. The number of aliphatic hydroxyl groups excluding tert-OH is 1. The number of amides is 1. The number of aromatic nitrogens is 4. The van der Waals surface area contributed by atoms with Crippen LogP contribution in [-0.2, 0) is 34.4 Å². The Kier molecular flexibility index (Phi) is 9.98. The molecule has 1 fully saturated rings. The van der Waals surface area contributed by atoms with Crippen molar-refractivity contribution < 1.29 is 24.1 Å². The van der Waals surface area contributed by atoms with Gasteiger partial charge in [-0.15, -0.1) is 5.10 Å². The SMILES string of the molecule is C=CCOC(=O)NCc1cccc(-c2cccc([C@@H]3O[C@H](CSc4nnnn4C)C[C@H](c4ccc(CO)cc4)O3)c2)c1. The van der Waals surface area contributed by atoms with E-state index in [2.05, 4.69) is 33.5 Å². The topological polar surface area (TPSA) is 121 Å². The van der Waals surface area contributed by atoms with Crippen LogP contribution in [0.25, 0.3) is 11.1 Å². The molecule has 0 unspecified atom stereocenters. The molecule has 0 aliphatic carbocycles. The molecule has 2 N–H and O–H groups in total. The van der Waals surface area contributed by atoms with E-state index in [1.54, 1.807) is 16.4 Å². The lowest BCUT2D eigenvalue weighted by Crippen LogP contribution is -2.31. The third kappa shape index (κ3) is 7.62. The Labute approximate surface area is 248 Å². The van der Waals surface area contributed by atoms with Crippen LogP contribution in [0.15, 0.2) is 90.6 Å². The summed E-state index contributed by atoms with van der Waals surface area (Å²) in [4.78, 5) is 11.8. The Bertz CT molecular complexity index is 1500. The lowest BCUT2D eigenvalue weighted by molar-refractivity contribution is -0.245. The predicted octanol–water partition coefficient (Wildman–Crippen LogP) is 5.12. The summed E-state index contributed by atoms with van der Waals surface area (Å²) in [5.41, 5.74) is 5.73. The van der Waals surface area contributed by atoms with Crippen LogP contribution in [0.5, 0.6) is 0 Å². The van der Waals surface area contributed by atoms with Crippen LogP contribution in [0.2, 0.25) is 0 Å². The maximum atomic E-state index is 11.8. The van der Waals surface area contributed by atoms with E-state index < -0.39 is 12.4 Å². The first kappa shape index (κ1) is 29.5. The molecule has 0 bridgehead atoms. The van der Waals surface area contributed by atoms with Crippen molar-refractivity contribution in [2.24, 2.45) is 7.05 Å². The summed E-state index contributed by atoms with van der Waals surface area (Å²) in [7, 11) is 1.81. The van der Waals surface area contributed by atoms with Gasteiger partial charge in [-0.25, -0.2) is 9.48 Å². The van der Waals surface area contributed by atoms with E-state index in [9.17, 15) is 9.90 Å². The van der Waals surface area contributed by atoms with Gasteiger partial charge < -0.3 is 24.6 Å². The van der Waals surface area contributed by atoms with Crippen LogP contribution < -0.4 is 5.32 Å². The zero-order valence-electron chi connectivity index (χ0n) is 23.3. The summed E-state index contributed by atoms with van der Waals surface area (Å²) in [6, 6.07) is 23.9. The van der Waals surface area contributed by atoms with Crippen LogP contribution >= 0.6 is 11.8 Å². The molecular weight excluding hydrogens is 554 g/mol. The average Bonchev–Trinajstić information content (AvgIpc) is 3.46. The number of nitrogens with zero attached hydrogens (tertiary/aromatic N) is 4. The monoisotopic (exact) mass is 587 g/mol. The average molecular weight is 588 g/mol. The van der Waals surface area contributed by atoms with Crippen molar-refractivity contribution in [2.75, 3.05) is 12.4 Å². The number of benzene rings is 3. The van der Waals surface area contributed by atoms with Crippen LogP contribution in [0.4, 0.5) is 4.79 Å². The highest BCUT2D eigenvalue weighted by Crippen LogP contribution is 2.40. The molecule has 1 amide bonds. The lowest BCUT2D eigenvalue weighted by atomic mass is 9.99. The van der Waals surface area contributed by atoms with Crippen molar-refractivity contribution in [3.8, 4) is 11.1 Å². The molecule has 5 rings (SSSR count). The van der Waals surface area contributed by atoms with Crippen molar-refractivity contribution >= 4 is 17.9 Å². The normalized spacial score (nSPS) is 18.4. The standard InChI is InChI=1S/C31H33N5O5S/c1-3-14-39-31(38)32-18-22-6-4-7-24(15-22)25-8-5-9-26(16-25)29-40-27(20-42-30-33-34-35-36(30)2)17-28(41-29)23-12-10-21(19-37)11-13-23/h3-13,15-16,27-29,37H,1,14,17-20H2,2H3,(H,32,38)/t27-,28+,29+/m0/s1. The molecule has 1 aliphatic rings. The van der Waals surface area contributed by atoms with Crippen LogP contribution in [-0.4, -0.2) is 49.9 Å². The fourth-order valence-corrected chi connectivity index (χ4v) is 5.49. The molecule has 1 aliphatic heterocycles. The Morgan fingerprint density at radius 3 is 2.62 bits per heavy atom. The van der Waals surface area contributed by atoms with E-state index in [-0.39, 0.29) is 25.4 Å². The smallest absolute Gasteiger partial charge is 0.407 e. The van der Waals surface area contributed by atoms with Gasteiger partial charge in [0, 0.05) is 31.3 Å². The van der Waals surface area contributed by atoms with Crippen molar-refractivity contribution in [2.45, 2.75) is 43.2 Å². The van der Waals surface area contributed by atoms with Gasteiger partial charge in [0.15, 0.2) is 6.29 Å². The fourth-order valence-electron chi connectivity index (χ4n) is 4.62. The molecule has 4 aromatic rings. The number of ether oxygens (including phenoxy) is 3. The molecule has 42 heavy (non-hydrogen) atoms. The Balaban J connectivity index is 1.34. The minimum Gasteiger partial charge on any atom is -0.445 e. The number of hydrogen-bond acceptors (Lipinski definition) is 9. The van der Waals surface area contributed by atoms with Crippen LogP contribution in [0.3, 0.4) is 0 Å². The number of rotatable bonds is 11. The summed E-state index contributed by atoms with van der Waals surface area (Å²) >= 11 is 1.54. The lowest BCUT2D eigenvalue weighted by Gasteiger charge is -2.36. The Morgan fingerprint density at radius 2 is 1.88 bits per heavy atom. The molecule has 1 saturated heterocycles. The number of hydrogen-bond donors (Lipinski definition) is 2. The fraction of sp³-hybridized carbons (Fsp3) is 0.290. The minimum atomic E-state index is -0.589. The highest BCUT2D eigenvalue weighted by molar-refractivity contribution is 7.99. The zero-order chi connectivity index (χ0) is 29.3. The second kappa shape index (κ2) is 14.2. The Hall–Kier alpha value is -4.03. The van der Waals surface area contributed by atoms with E-state index in [1.807, 2.05) is 73.8 Å². The largest absolute Gasteiger partial charge is 0.445 e. The molecule has 10 nitrogen and oxygen atoms in total. The maximum Gasteiger partial charge on any atom is 0.407 e. The van der Waals surface area contributed by atoms with Crippen LogP contribution in [0, 0.1) is 0 Å². The Morgan fingerprint density at radius 1 is 1.10 bits per heavy atom. The summed E-state index contributed by atoms with van der Waals surface area (Å²) in [5, 5.41) is 24.7. The molecule has 3 aromatic carbocycles. The zero-order valence-corrected chi connectivity index (χ0v) is 24.1. The van der Waals surface area contributed by atoms with Gasteiger partial charge in [0.2, 0.25) is 5.16 Å². The van der Waals surface area contributed by atoms with Gasteiger partial charge in [-0.2, -0.15) is 0 Å². The molecule has 0 spiro atoms. The van der Waals surface area contributed by atoms with E-state index in [4.69, 9.17) is 14.2 Å². The summed E-state index contributed by atoms with van der Waals surface area (Å²) in [6.07, 6.45) is 0.799. The molecule has 1 aromatic heterocycles. The van der Waals surface area contributed by atoms with E-state index in [0.29, 0.717) is 18.7 Å². The highest BCUT2D eigenvalue weighted by Gasteiger charge is 2.32. The van der Waals surface area contributed by atoms with Gasteiger partial charge in [0.25, 0.3) is 0 Å². The number of carbonyl (C=O) groups excluding carboxylic acids is 1. The third-order valence-corrected chi connectivity index (χ3v) is 7.93. The molecule has 3 atom stereocenters. The number of thioether (sulfide) groups is 1. The number of aryl methyl sites for hydroxylation is 1. The number of aliphatic hydroxyl groups is 1. The first-order valence-electron chi connectivity index (χ1n) is 13.6. The highest BCUT2D eigenvalue weighted by atomic mass is 32.2. The molecule has 2 heterocycles. The number of tetrazole rings is 1. The van der Waals surface area contributed by atoms with Gasteiger partial charge in [0.1, 0.15) is 6.61 Å². The first-order chi connectivity index (χ1) is 20.5.